The van der Waals surface area contributed by atoms with E-state index in [0.29, 0.717) is 5.78 Å². The Morgan fingerprint density at radius 1 is 1.24 bits per heavy atom. The van der Waals surface area contributed by atoms with Crippen LogP contribution in [0.1, 0.15) is 74.4 Å². The lowest BCUT2D eigenvalue weighted by Gasteiger charge is -2.41. The zero-order valence-electron chi connectivity index (χ0n) is 13.3. The number of carbonyl (C=O) groups excluding carboxylic acids is 1. The lowest BCUT2D eigenvalue weighted by atomic mass is 9.61. The second-order valence-corrected chi connectivity index (χ2v) is 8.27. The van der Waals surface area contributed by atoms with Crippen LogP contribution in [-0.2, 0) is 10.8 Å². The van der Waals surface area contributed by atoms with Crippen LogP contribution in [0.3, 0.4) is 0 Å². The number of hydrogen-bond donors (Lipinski definition) is 0. The van der Waals surface area contributed by atoms with Gasteiger partial charge in [0, 0.05) is 17.4 Å². The molecule has 0 aliphatic heterocycles. The molecule has 4 rings (SSSR count). The summed E-state index contributed by atoms with van der Waals surface area (Å²) >= 11 is 0. The molecule has 0 heterocycles. The number of Topliss-reactive ketones (excluding diaryl/α,β-unsaturated/α-hetero) is 1. The normalized spacial score (nSPS) is 30.7. The third-order valence-corrected chi connectivity index (χ3v) is 6.04. The molecule has 21 heavy (non-hydrogen) atoms. The molecule has 3 aliphatic rings. The van der Waals surface area contributed by atoms with Crippen LogP contribution >= 0.6 is 0 Å². The Bertz CT molecular complexity index is 659. The lowest BCUT2D eigenvalue weighted by Crippen LogP contribution is -2.37. The van der Waals surface area contributed by atoms with Gasteiger partial charge in [-0.05, 0) is 48.1 Å². The topological polar surface area (TPSA) is 17.1 Å². The summed E-state index contributed by atoms with van der Waals surface area (Å²) in [5.74, 6) is 1.10. The molecular formula is C20H24O. The Hall–Kier alpha value is -1.37. The van der Waals surface area contributed by atoms with Crippen LogP contribution in [0.15, 0.2) is 29.8 Å². The number of carbonyl (C=O) groups is 1. The Kier molecular flexibility index (Phi) is 2.59. The van der Waals surface area contributed by atoms with Crippen LogP contribution in [0.5, 0.6) is 0 Å². The standard InChI is InChI=1S/C20H24O/c1-19(2,3)14-6-7-16-17(11-14)20(9-8-18(16)21)12-13-4-5-15(20)10-13/h4,6-7,11,15H,5,8-10,12H2,1-3H3. The summed E-state index contributed by atoms with van der Waals surface area (Å²) < 4.78 is 0. The molecule has 0 N–H and O–H groups in total. The molecule has 1 aromatic carbocycles. The van der Waals surface area contributed by atoms with Crippen LogP contribution in [0.25, 0.3) is 0 Å². The van der Waals surface area contributed by atoms with E-state index in [1.165, 1.54) is 30.4 Å². The van der Waals surface area contributed by atoms with Gasteiger partial charge >= 0.3 is 0 Å². The molecule has 0 radical (unpaired) electrons. The minimum absolute atomic E-state index is 0.146. The van der Waals surface area contributed by atoms with Gasteiger partial charge < -0.3 is 0 Å². The number of ketones is 1. The van der Waals surface area contributed by atoms with Gasteiger partial charge in [-0.2, -0.15) is 0 Å². The fourth-order valence-electron chi connectivity index (χ4n) is 4.79. The summed E-state index contributed by atoms with van der Waals surface area (Å²) in [5, 5.41) is 0. The Labute approximate surface area is 127 Å². The van der Waals surface area contributed by atoms with Crippen molar-refractivity contribution in [2.24, 2.45) is 5.92 Å². The number of rotatable bonds is 0. The van der Waals surface area contributed by atoms with Crippen molar-refractivity contribution < 1.29 is 4.79 Å². The highest BCUT2D eigenvalue weighted by atomic mass is 16.1. The second kappa shape index (κ2) is 4.09. The average molecular weight is 280 g/mol. The van der Waals surface area contributed by atoms with Gasteiger partial charge in [-0.3, -0.25) is 4.79 Å². The van der Waals surface area contributed by atoms with Gasteiger partial charge in [0.2, 0.25) is 0 Å². The number of fused-ring (bicyclic) bond motifs is 5. The fourth-order valence-corrected chi connectivity index (χ4v) is 4.79. The van der Waals surface area contributed by atoms with Gasteiger partial charge in [0.25, 0.3) is 0 Å². The first kappa shape index (κ1) is 13.3. The van der Waals surface area contributed by atoms with Crippen molar-refractivity contribution >= 4 is 5.78 Å². The van der Waals surface area contributed by atoms with Crippen molar-refractivity contribution in [3.8, 4) is 0 Å². The van der Waals surface area contributed by atoms with E-state index in [2.05, 4.69) is 45.0 Å². The molecule has 1 spiro atoms. The van der Waals surface area contributed by atoms with Crippen molar-refractivity contribution in [2.75, 3.05) is 0 Å². The Morgan fingerprint density at radius 3 is 2.67 bits per heavy atom. The first-order chi connectivity index (χ1) is 9.90. The van der Waals surface area contributed by atoms with E-state index in [4.69, 9.17) is 0 Å². The van der Waals surface area contributed by atoms with E-state index in [9.17, 15) is 4.79 Å². The van der Waals surface area contributed by atoms with Crippen molar-refractivity contribution in [3.63, 3.8) is 0 Å². The van der Waals surface area contributed by atoms with Crippen LogP contribution in [0.2, 0.25) is 0 Å². The third-order valence-electron chi connectivity index (χ3n) is 6.04. The average Bonchev–Trinajstić information content (AvgIpc) is 3.03. The maximum absolute atomic E-state index is 12.4. The maximum Gasteiger partial charge on any atom is 0.163 e. The van der Waals surface area contributed by atoms with Crippen molar-refractivity contribution in [1.82, 2.24) is 0 Å². The van der Waals surface area contributed by atoms with Gasteiger partial charge in [0.15, 0.2) is 5.78 Å². The monoisotopic (exact) mass is 280 g/mol. The summed E-state index contributed by atoms with van der Waals surface area (Å²) in [7, 11) is 0. The predicted octanol–water partition coefficient (Wildman–Crippen LogP) is 4.94. The molecule has 0 saturated heterocycles. The summed E-state index contributed by atoms with van der Waals surface area (Å²) in [6, 6.07) is 6.65. The Morgan fingerprint density at radius 2 is 2.05 bits per heavy atom. The molecule has 1 heteroatoms. The van der Waals surface area contributed by atoms with Gasteiger partial charge in [-0.1, -0.05) is 50.6 Å². The number of benzene rings is 1. The van der Waals surface area contributed by atoms with Crippen molar-refractivity contribution in [1.29, 1.82) is 0 Å². The summed E-state index contributed by atoms with van der Waals surface area (Å²) in [5.41, 5.74) is 5.82. The van der Waals surface area contributed by atoms with E-state index in [0.717, 1.165) is 24.3 Å². The summed E-state index contributed by atoms with van der Waals surface area (Å²) in [6.07, 6.45) is 7.95. The highest BCUT2D eigenvalue weighted by molar-refractivity contribution is 5.99. The first-order valence-corrected chi connectivity index (χ1v) is 8.26. The first-order valence-electron chi connectivity index (χ1n) is 8.26. The lowest BCUT2D eigenvalue weighted by molar-refractivity contribution is 0.0939. The molecule has 0 amide bonds. The molecule has 3 aliphatic carbocycles. The van der Waals surface area contributed by atoms with Gasteiger partial charge in [-0.25, -0.2) is 0 Å². The van der Waals surface area contributed by atoms with E-state index in [1.54, 1.807) is 5.57 Å². The van der Waals surface area contributed by atoms with Crippen LogP contribution in [-0.4, -0.2) is 5.78 Å². The van der Waals surface area contributed by atoms with E-state index in [-0.39, 0.29) is 10.8 Å². The smallest absolute Gasteiger partial charge is 0.163 e. The molecule has 0 aromatic heterocycles. The minimum atomic E-state index is 0.146. The molecule has 110 valence electrons. The van der Waals surface area contributed by atoms with Gasteiger partial charge in [0.1, 0.15) is 0 Å². The Balaban J connectivity index is 1.91. The quantitative estimate of drug-likeness (QED) is 0.615. The van der Waals surface area contributed by atoms with Crippen LogP contribution in [0.4, 0.5) is 0 Å². The largest absolute Gasteiger partial charge is 0.294 e. The fraction of sp³-hybridized carbons (Fsp3) is 0.550. The number of allylic oxidation sites excluding steroid dienone is 2. The molecule has 2 unspecified atom stereocenters. The molecule has 2 bridgehead atoms. The van der Waals surface area contributed by atoms with Crippen LogP contribution in [0, 0.1) is 5.92 Å². The molecule has 1 aromatic rings. The number of hydrogen-bond acceptors (Lipinski definition) is 1. The highest BCUT2D eigenvalue weighted by Crippen LogP contribution is 2.58. The van der Waals surface area contributed by atoms with Crippen molar-refractivity contribution in [2.45, 2.75) is 63.7 Å². The van der Waals surface area contributed by atoms with E-state index >= 15 is 0 Å². The summed E-state index contributed by atoms with van der Waals surface area (Å²) in [6.45, 7) is 6.78. The molecule has 1 fully saturated rings. The van der Waals surface area contributed by atoms with Crippen molar-refractivity contribution in [3.05, 3.63) is 46.5 Å². The highest BCUT2D eigenvalue weighted by Gasteiger charge is 2.51. The summed E-state index contributed by atoms with van der Waals surface area (Å²) in [4.78, 5) is 12.4. The van der Waals surface area contributed by atoms with E-state index < -0.39 is 0 Å². The predicted molar refractivity (Wildman–Crippen MR) is 85.8 cm³/mol. The van der Waals surface area contributed by atoms with Crippen LogP contribution < -0.4 is 0 Å². The molecule has 2 atom stereocenters. The SMILES string of the molecule is CC(C)(C)c1ccc2c(c1)C1(CCC2=O)CC2=CCC1C2. The zero-order valence-corrected chi connectivity index (χ0v) is 13.3. The van der Waals surface area contributed by atoms with Gasteiger partial charge in [-0.15, -0.1) is 0 Å². The molecular weight excluding hydrogens is 256 g/mol. The minimum Gasteiger partial charge on any atom is -0.294 e. The van der Waals surface area contributed by atoms with E-state index in [1.807, 2.05) is 0 Å². The maximum atomic E-state index is 12.4. The second-order valence-electron chi connectivity index (χ2n) is 8.27. The zero-order chi connectivity index (χ0) is 14.8. The molecule has 1 saturated carbocycles. The third kappa shape index (κ3) is 1.79. The molecule has 1 nitrogen and oxygen atoms in total. The van der Waals surface area contributed by atoms with Gasteiger partial charge in [0.05, 0.1) is 0 Å².